The van der Waals surface area contributed by atoms with Crippen molar-refractivity contribution in [1.82, 2.24) is 9.47 Å². The zero-order chi connectivity index (χ0) is 19.5. The molecule has 0 unspecified atom stereocenters. The summed E-state index contributed by atoms with van der Waals surface area (Å²) in [7, 11) is 1.64. The lowest BCUT2D eigenvalue weighted by atomic mass is 10.1. The fourth-order valence-electron chi connectivity index (χ4n) is 3.98. The van der Waals surface area contributed by atoms with Crippen molar-refractivity contribution >= 4 is 17.0 Å². The molecule has 1 amide bonds. The van der Waals surface area contributed by atoms with Gasteiger partial charge in [-0.1, -0.05) is 24.3 Å². The zero-order valence-electron chi connectivity index (χ0n) is 15.9. The number of hydrogen-bond donors (Lipinski definition) is 1. The Bertz CT molecular complexity index is 995. The van der Waals surface area contributed by atoms with Crippen molar-refractivity contribution in [3.05, 3.63) is 59.8 Å². The first-order valence-corrected chi connectivity index (χ1v) is 9.51. The Morgan fingerprint density at radius 1 is 1.07 bits per heavy atom. The molecule has 0 radical (unpaired) electrons. The summed E-state index contributed by atoms with van der Waals surface area (Å²) < 4.78 is 13.5. The van der Waals surface area contributed by atoms with Gasteiger partial charge in [0.2, 0.25) is 0 Å². The number of carbonyl (C=O) groups is 1. The molecule has 2 heterocycles. The summed E-state index contributed by atoms with van der Waals surface area (Å²) in [6.07, 6.45) is 0.615. The van der Waals surface area contributed by atoms with Gasteiger partial charge in [-0.2, -0.15) is 0 Å². The highest BCUT2D eigenvalue weighted by Gasteiger charge is 2.23. The van der Waals surface area contributed by atoms with Crippen LogP contribution in [0.15, 0.2) is 48.5 Å². The van der Waals surface area contributed by atoms with Crippen LogP contribution in [0.5, 0.6) is 11.5 Å². The molecule has 146 valence electrons. The maximum absolute atomic E-state index is 11.4. The van der Waals surface area contributed by atoms with Crippen LogP contribution in [0.4, 0.5) is 4.79 Å². The standard InChI is InChI=1S/C22H24N2O4/c1-27-16-5-4-6-17(15-16)28-14-13-24-20-8-3-2-7-18(20)19-9-11-23(22(25)26)12-10-21(19)24/h2-8,15H,9-14H2,1H3,(H,25,26). The number of amides is 1. The van der Waals surface area contributed by atoms with E-state index in [9.17, 15) is 9.90 Å². The molecule has 0 atom stereocenters. The molecule has 0 fully saturated rings. The minimum Gasteiger partial charge on any atom is -0.497 e. The minimum absolute atomic E-state index is 0.523. The summed E-state index contributed by atoms with van der Waals surface area (Å²) in [5.41, 5.74) is 3.67. The highest BCUT2D eigenvalue weighted by atomic mass is 16.5. The second-order valence-corrected chi connectivity index (χ2v) is 6.89. The summed E-state index contributed by atoms with van der Waals surface area (Å²) in [5, 5.41) is 10.6. The summed E-state index contributed by atoms with van der Waals surface area (Å²) >= 11 is 0. The third-order valence-electron chi connectivity index (χ3n) is 5.34. The third-order valence-corrected chi connectivity index (χ3v) is 5.34. The maximum atomic E-state index is 11.4. The molecule has 2 aromatic carbocycles. The number of para-hydroxylation sites is 1. The van der Waals surface area contributed by atoms with E-state index in [1.54, 1.807) is 7.11 Å². The summed E-state index contributed by atoms with van der Waals surface area (Å²) in [6, 6.07) is 15.9. The highest BCUT2D eigenvalue weighted by Crippen LogP contribution is 2.29. The van der Waals surface area contributed by atoms with Crippen LogP contribution in [-0.2, 0) is 19.4 Å². The van der Waals surface area contributed by atoms with E-state index in [4.69, 9.17) is 9.47 Å². The molecule has 0 spiro atoms. The van der Waals surface area contributed by atoms with Crippen molar-refractivity contribution in [3.8, 4) is 11.5 Å². The van der Waals surface area contributed by atoms with Gasteiger partial charge in [-0.3, -0.25) is 0 Å². The number of carboxylic acid groups (broad SMARTS) is 1. The van der Waals surface area contributed by atoms with Gasteiger partial charge in [-0.05, 0) is 30.2 Å². The molecule has 28 heavy (non-hydrogen) atoms. The van der Waals surface area contributed by atoms with E-state index in [-0.39, 0.29) is 0 Å². The van der Waals surface area contributed by atoms with E-state index in [1.165, 1.54) is 27.1 Å². The first-order chi connectivity index (χ1) is 13.7. The molecular formula is C22H24N2O4. The average molecular weight is 380 g/mol. The molecule has 1 aliphatic rings. The number of benzene rings is 2. The van der Waals surface area contributed by atoms with Crippen molar-refractivity contribution < 1.29 is 19.4 Å². The normalized spacial score (nSPS) is 13.8. The van der Waals surface area contributed by atoms with Gasteiger partial charge >= 0.3 is 6.09 Å². The Hall–Kier alpha value is -3.15. The van der Waals surface area contributed by atoms with E-state index < -0.39 is 6.09 Å². The number of fused-ring (bicyclic) bond motifs is 3. The molecule has 0 saturated heterocycles. The van der Waals surface area contributed by atoms with Crippen molar-refractivity contribution in [1.29, 1.82) is 0 Å². The van der Waals surface area contributed by atoms with Crippen LogP contribution in [0.25, 0.3) is 10.9 Å². The van der Waals surface area contributed by atoms with Crippen LogP contribution in [0.1, 0.15) is 11.3 Å². The Kier molecular flexibility index (Phi) is 5.10. The molecule has 6 nitrogen and oxygen atoms in total. The molecule has 4 rings (SSSR count). The van der Waals surface area contributed by atoms with E-state index in [0.717, 1.165) is 24.3 Å². The van der Waals surface area contributed by atoms with Crippen LogP contribution in [0.2, 0.25) is 0 Å². The maximum Gasteiger partial charge on any atom is 0.407 e. The SMILES string of the molecule is COc1cccc(OCCn2c3c(c4ccccc42)CCN(C(=O)O)CC3)c1. The molecule has 6 heteroatoms. The smallest absolute Gasteiger partial charge is 0.407 e. The van der Waals surface area contributed by atoms with E-state index >= 15 is 0 Å². The fraction of sp³-hybridized carbons (Fsp3) is 0.318. The van der Waals surface area contributed by atoms with Gasteiger partial charge in [0, 0.05) is 42.2 Å². The van der Waals surface area contributed by atoms with Crippen LogP contribution < -0.4 is 9.47 Å². The Balaban J connectivity index is 1.57. The predicted molar refractivity (Wildman–Crippen MR) is 107 cm³/mol. The van der Waals surface area contributed by atoms with Crippen molar-refractivity contribution in [2.45, 2.75) is 19.4 Å². The van der Waals surface area contributed by atoms with Crippen molar-refractivity contribution in [3.63, 3.8) is 0 Å². The first kappa shape index (κ1) is 18.2. The molecule has 0 saturated carbocycles. The third kappa shape index (κ3) is 3.50. The number of nitrogens with zero attached hydrogens (tertiary/aromatic N) is 2. The Morgan fingerprint density at radius 3 is 2.68 bits per heavy atom. The monoisotopic (exact) mass is 380 g/mol. The Morgan fingerprint density at radius 2 is 1.86 bits per heavy atom. The topological polar surface area (TPSA) is 63.9 Å². The van der Waals surface area contributed by atoms with Gasteiger partial charge in [0.05, 0.1) is 13.7 Å². The lowest BCUT2D eigenvalue weighted by molar-refractivity contribution is 0.147. The van der Waals surface area contributed by atoms with Crippen LogP contribution in [-0.4, -0.2) is 47.5 Å². The van der Waals surface area contributed by atoms with Crippen LogP contribution >= 0.6 is 0 Å². The molecule has 3 aromatic rings. The Labute approximate surface area is 163 Å². The lowest BCUT2D eigenvalue weighted by Crippen LogP contribution is -2.31. The first-order valence-electron chi connectivity index (χ1n) is 9.51. The minimum atomic E-state index is -0.845. The van der Waals surface area contributed by atoms with Gasteiger partial charge < -0.3 is 24.0 Å². The molecular weight excluding hydrogens is 356 g/mol. The predicted octanol–water partition coefficient (Wildman–Crippen LogP) is 3.81. The molecule has 0 bridgehead atoms. The summed E-state index contributed by atoms with van der Waals surface area (Å²) in [4.78, 5) is 12.9. The number of ether oxygens (including phenoxy) is 2. The van der Waals surface area contributed by atoms with Gasteiger partial charge in [-0.25, -0.2) is 4.79 Å². The summed E-state index contributed by atoms with van der Waals surface area (Å²) in [6.45, 7) is 2.30. The number of rotatable bonds is 5. The van der Waals surface area contributed by atoms with Crippen LogP contribution in [0, 0.1) is 0 Å². The largest absolute Gasteiger partial charge is 0.497 e. The second-order valence-electron chi connectivity index (χ2n) is 6.89. The van der Waals surface area contributed by atoms with Gasteiger partial charge in [0.25, 0.3) is 0 Å². The average Bonchev–Trinajstić information content (AvgIpc) is 2.86. The molecule has 1 aromatic heterocycles. The van der Waals surface area contributed by atoms with Gasteiger partial charge in [0.1, 0.15) is 18.1 Å². The molecule has 1 N–H and O–H groups in total. The van der Waals surface area contributed by atoms with Gasteiger partial charge in [-0.15, -0.1) is 0 Å². The second kappa shape index (κ2) is 7.84. The number of aromatic nitrogens is 1. The van der Waals surface area contributed by atoms with Crippen molar-refractivity contribution in [2.24, 2.45) is 0 Å². The zero-order valence-corrected chi connectivity index (χ0v) is 15.9. The quantitative estimate of drug-likeness (QED) is 0.731. The molecule has 0 aliphatic carbocycles. The number of methoxy groups -OCH3 is 1. The number of hydrogen-bond acceptors (Lipinski definition) is 3. The van der Waals surface area contributed by atoms with E-state index in [2.05, 4.69) is 16.7 Å². The summed E-state index contributed by atoms with van der Waals surface area (Å²) in [5.74, 6) is 1.55. The molecule has 1 aliphatic heterocycles. The van der Waals surface area contributed by atoms with E-state index in [0.29, 0.717) is 26.2 Å². The lowest BCUT2D eigenvalue weighted by Gasteiger charge is -2.16. The highest BCUT2D eigenvalue weighted by molar-refractivity contribution is 5.86. The fourth-order valence-corrected chi connectivity index (χ4v) is 3.98. The van der Waals surface area contributed by atoms with Crippen LogP contribution in [0.3, 0.4) is 0 Å². The van der Waals surface area contributed by atoms with Crippen molar-refractivity contribution in [2.75, 3.05) is 26.8 Å². The van der Waals surface area contributed by atoms with Gasteiger partial charge in [0.15, 0.2) is 0 Å². The van der Waals surface area contributed by atoms with E-state index in [1.807, 2.05) is 36.4 Å².